The first kappa shape index (κ1) is 22.2. The lowest BCUT2D eigenvalue weighted by atomic mass is 9.99. The van der Waals surface area contributed by atoms with Crippen molar-refractivity contribution in [2.24, 2.45) is 0 Å². The maximum atomic E-state index is 12.7. The Morgan fingerprint density at radius 2 is 1.73 bits per heavy atom. The number of halogens is 3. The summed E-state index contributed by atoms with van der Waals surface area (Å²) in [5, 5.41) is 3.45. The molecule has 0 fully saturated rings. The van der Waals surface area contributed by atoms with Gasteiger partial charge in [-0.2, -0.15) is 13.2 Å². The first-order valence-electron chi connectivity index (χ1n) is 10.1. The molecule has 33 heavy (non-hydrogen) atoms. The van der Waals surface area contributed by atoms with Gasteiger partial charge in [0.2, 0.25) is 5.91 Å². The fourth-order valence-corrected chi connectivity index (χ4v) is 3.57. The molecule has 4 aromatic rings. The van der Waals surface area contributed by atoms with Crippen LogP contribution in [0.15, 0.2) is 83.5 Å². The van der Waals surface area contributed by atoms with E-state index in [1.54, 1.807) is 19.3 Å². The van der Waals surface area contributed by atoms with Gasteiger partial charge in [0, 0.05) is 34.3 Å². The minimum absolute atomic E-state index is 0.265. The van der Waals surface area contributed by atoms with Gasteiger partial charge in [0.05, 0.1) is 18.9 Å². The Balaban J connectivity index is 1.63. The zero-order valence-corrected chi connectivity index (χ0v) is 17.9. The molecule has 1 N–H and O–H groups in total. The van der Waals surface area contributed by atoms with Crippen LogP contribution in [0, 0.1) is 0 Å². The molecule has 0 aliphatic rings. The van der Waals surface area contributed by atoms with Crippen molar-refractivity contribution in [3.8, 4) is 16.9 Å². The number of fused-ring (bicyclic) bond motifs is 1. The van der Waals surface area contributed by atoms with Gasteiger partial charge in [0.25, 0.3) is 0 Å². The van der Waals surface area contributed by atoms with Gasteiger partial charge in [-0.1, -0.05) is 30.3 Å². The third-order valence-corrected chi connectivity index (χ3v) is 5.23. The Morgan fingerprint density at radius 3 is 2.36 bits per heavy atom. The van der Waals surface area contributed by atoms with E-state index in [2.05, 4.69) is 5.32 Å². The van der Waals surface area contributed by atoms with Crippen molar-refractivity contribution >= 4 is 28.1 Å². The highest BCUT2D eigenvalue weighted by atomic mass is 19.4. The number of carbonyl (C=O) groups excluding carboxylic acids is 1. The molecule has 0 saturated carbocycles. The number of amides is 1. The highest BCUT2D eigenvalue weighted by Gasteiger charge is 2.30. The lowest BCUT2D eigenvalue weighted by Crippen LogP contribution is -2.10. The van der Waals surface area contributed by atoms with Crippen molar-refractivity contribution in [1.29, 1.82) is 0 Å². The molecule has 0 saturated heterocycles. The fraction of sp³-hybridized carbons (Fsp3) is 0.115. The lowest BCUT2D eigenvalue weighted by Gasteiger charge is -2.11. The number of rotatable bonds is 5. The number of furan rings is 1. The van der Waals surface area contributed by atoms with Crippen LogP contribution in [0.3, 0.4) is 0 Å². The van der Waals surface area contributed by atoms with Crippen LogP contribution in [0.2, 0.25) is 0 Å². The van der Waals surface area contributed by atoms with E-state index in [1.165, 1.54) is 25.3 Å². The monoisotopic (exact) mass is 451 g/mol. The average molecular weight is 451 g/mol. The van der Waals surface area contributed by atoms with Crippen LogP contribution >= 0.6 is 0 Å². The quantitative estimate of drug-likeness (QED) is 0.327. The molecule has 0 aliphatic heterocycles. The first-order chi connectivity index (χ1) is 15.8. The summed E-state index contributed by atoms with van der Waals surface area (Å²) in [4.78, 5) is 12.5. The molecule has 0 spiro atoms. The third kappa shape index (κ3) is 4.77. The molecular formula is C26H20F3NO3. The van der Waals surface area contributed by atoms with Gasteiger partial charge in [-0.3, -0.25) is 4.79 Å². The number of carbonyl (C=O) groups is 1. The summed E-state index contributed by atoms with van der Waals surface area (Å²) in [6.45, 7) is 1.76. The molecule has 0 aliphatic carbocycles. The Hall–Kier alpha value is -4.00. The van der Waals surface area contributed by atoms with Crippen molar-refractivity contribution in [2.75, 3.05) is 12.4 Å². The van der Waals surface area contributed by atoms with E-state index in [4.69, 9.17) is 9.15 Å². The van der Waals surface area contributed by atoms with Gasteiger partial charge in [0.1, 0.15) is 11.3 Å². The molecule has 7 heteroatoms. The molecule has 1 heterocycles. The number of hydrogen-bond donors (Lipinski definition) is 1. The molecule has 0 bridgehead atoms. The number of hydrogen-bond acceptors (Lipinski definition) is 3. The van der Waals surface area contributed by atoms with Crippen LogP contribution < -0.4 is 10.1 Å². The van der Waals surface area contributed by atoms with Gasteiger partial charge in [-0.25, -0.2) is 0 Å². The van der Waals surface area contributed by atoms with E-state index in [0.717, 1.165) is 28.6 Å². The van der Waals surface area contributed by atoms with Gasteiger partial charge < -0.3 is 14.5 Å². The molecule has 168 valence electrons. The highest BCUT2D eigenvalue weighted by molar-refractivity contribution is 6.05. The number of nitrogens with one attached hydrogen (secondary N) is 1. The van der Waals surface area contributed by atoms with E-state index in [1.807, 2.05) is 36.4 Å². The molecule has 1 amide bonds. The summed E-state index contributed by atoms with van der Waals surface area (Å²) in [5.41, 5.74) is 3.37. The number of anilines is 1. The second-order valence-electron chi connectivity index (χ2n) is 7.46. The summed E-state index contributed by atoms with van der Waals surface area (Å²) in [5.74, 6) is 0.0671. The van der Waals surface area contributed by atoms with Crippen molar-refractivity contribution < 1.29 is 27.1 Å². The minimum atomic E-state index is -4.43. The largest absolute Gasteiger partial charge is 0.496 e. The predicted molar refractivity (Wildman–Crippen MR) is 122 cm³/mol. The fourth-order valence-electron chi connectivity index (χ4n) is 3.57. The van der Waals surface area contributed by atoms with E-state index in [0.29, 0.717) is 22.5 Å². The maximum absolute atomic E-state index is 12.7. The average Bonchev–Trinajstić information content (AvgIpc) is 3.21. The van der Waals surface area contributed by atoms with Crippen molar-refractivity contribution in [3.05, 3.63) is 90.2 Å². The SMILES string of the molecule is COc1cc2occ(-c3ccccc3)c2cc1/C(C)=C/C(=O)Nc1ccc(C(F)(F)F)cc1. The van der Waals surface area contributed by atoms with Crippen LogP contribution in [0.4, 0.5) is 18.9 Å². The number of alkyl halides is 3. The molecule has 0 atom stereocenters. The zero-order valence-electron chi connectivity index (χ0n) is 17.9. The number of benzene rings is 3. The summed E-state index contributed by atoms with van der Waals surface area (Å²) >= 11 is 0. The van der Waals surface area contributed by atoms with Gasteiger partial charge in [0.15, 0.2) is 0 Å². The molecule has 1 aromatic heterocycles. The zero-order chi connectivity index (χ0) is 23.6. The first-order valence-corrected chi connectivity index (χ1v) is 10.1. The highest BCUT2D eigenvalue weighted by Crippen LogP contribution is 2.37. The molecule has 3 aromatic carbocycles. The Bertz CT molecular complexity index is 1320. The van der Waals surface area contributed by atoms with Crippen LogP contribution in [-0.4, -0.2) is 13.0 Å². The second-order valence-corrected chi connectivity index (χ2v) is 7.46. The molecule has 0 unspecified atom stereocenters. The number of allylic oxidation sites excluding steroid dienone is 1. The summed E-state index contributed by atoms with van der Waals surface area (Å²) in [6, 6.07) is 17.7. The van der Waals surface area contributed by atoms with Gasteiger partial charge in [-0.05, 0) is 48.4 Å². The van der Waals surface area contributed by atoms with E-state index in [-0.39, 0.29) is 5.69 Å². The smallest absolute Gasteiger partial charge is 0.416 e. The number of methoxy groups -OCH3 is 1. The Morgan fingerprint density at radius 1 is 1.03 bits per heavy atom. The Labute approximate surface area is 188 Å². The number of ether oxygens (including phenoxy) is 1. The standard InChI is InChI=1S/C26H20F3NO3/c1-16(12-25(31)30-19-10-8-18(9-11-19)26(27,28)29)20-13-21-22(17-6-4-3-5-7-17)15-33-24(21)14-23(20)32-2/h3-15H,1-2H3,(H,30,31)/b16-12+. The topological polar surface area (TPSA) is 51.5 Å². The van der Waals surface area contributed by atoms with Crippen molar-refractivity contribution in [2.45, 2.75) is 13.1 Å². The van der Waals surface area contributed by atoms with E-state index in [9.17, 15) is 18.0 Å². The minimum Gasteiger partial charge on any atom is -0.496 e. The summed E-state index contributed by atoms with van der Waals surface area (Å²) in [6.07, 6.45) is -1.37. The second kappa shape index (κ2) is 8.86. The van der Waals surface area contributed by atoms with Crippen molar-refractivity contribution in [3.63, 3.8) is 0 Å². The van der Waals surface area contributed by atoms with Gasteiger partial charge >= 0.3 is 6.18 Å². The lowest BCUT2D eigenvalue weighted by molar-refractivity contribution is -0.137. The predicted octanol–water partition coefficient (Wildman–Crippen LogP) is 7.17. The summed E-state index contributed by atoms with van der Waals surface area (Å²) in [7, 11) is 1.53. The van der Waals surface area contributed by atoms with E-state index < -0.39 is 17.6 Å². The van der Waals surface area contributed by atoms with Crippen LogP contribution in [0.5, 0.6) is 5.75 Å². The molecule has 0 radical (unpaired) electrons. The van der Waals surface area contributed by atoms with E-state index >= 15 is 0 Å². The Kier molecular flexibility index (Phi) is 5.96. The van der Waals surface area contributed by atoms with Crippen LogP contribution in [0.25, 0.3) is 27.7 Å². The molecular weight excluding hydrogens is 431 g/mol. The molecule has 4 rings (SSSR count). The van der Waals surface area contributed by atoms with Crippen molar-refractivity contribution in [1.82, 2.24) is 0 Å². The van der Waals surface area contributed by atoms with Crippen LogP contribution in [-0.2, 0) is 11.0 Å². The normalized spacial score (nSPS) is 12.1. The third-order valence-electron chi connectivity index (χ3n) is 5.23. The van der Waals surface area contributed by atoms with Crippen LogP contribution in [0.1, 0.15) is 18.1 Å². The maximum Gasteiger partial charge on any atom is 0.416 e. The summed E-state index contributed by atoms with van der Waals surface area (Å²) < 4.78 is 49.4. The molecule has 4 nitrogen and oxygen atoms in total. The van der Waals surface area contributed by atoms with Gasteiger partial charge in [-0.15, -0.1) is 0 Å².